The van der Waals surface area contributed by atoms with Crippen molar-refractivity contribution in [3.63, 3.8) is 0 Å². The number of rotatable bonds is 7. The summed E-state index contributed by atoms with van der Waals surface area (Å²) in [7, 11) is 0. The van der Waals surface area contributed by atoms with Crippen LogP contribution in [0.1, 0.15) is 47.2 Å². The zero-order valence-corrected chi connectivity index (χ0v) is 40.7. The van der Waals surface area contributed by atoms with Gasteiger partial charge in [0, 0.05) is 61.4 Å². The third-order valence-electron chi connectivity index (χ3n) is 16.3. The molecule has 3 nitrogen and oxygen atoms in total. The van der Waals surface area contributed by atoms with Crippen molar-refractivity contribution >= 4 is 55.9 Å². The van der Waals surface area contributed by atoms with E-state index in [0.717, 1.165) is 45.3 Å². The molecular weight excluding hydrogens is 883 g/mol. The van der Waals surface area contributed by atoms with Crippen molar-refractivity contribution in [2.24, 2.45) is 0 Å². The summed E-state index contributed by atoms with van der Waals surface area (Å²) < 4.78 is 2.64. The molecule has 344 valence electrons. The van der Waals surface area contributed by atoms with Gasteiger partial charge in [0.1, 0.15) is 0 Å². The Morgan fingerprint density at radius 2 is 0.767 bits per heavy atom. The highest BCUT2D eigenvalue weighted by Gasteiger charge is 2.54. The van der Waals surface area contributed by atoms with Crippen molar-refractivity contribution in [3.8, 4) is 39.1 Å². The lowest BCUT2D eigenvalue weighted by atomic mass is 9.70. The predicted octanol–water partition coefficient (Wildman–Crippen LogP) is 18.4. The Morgan fingerprint density at radius 1 is 0.329 bits per heavy atom. The minimum atomic E-state index is -0.659. The van der Waals surface area contributed by atoms with Crippen LogP contribution in [0, 0.1) is 0 Å². The molecule has 0 bridgehead atoms. The molecule has 73 heavy (non-hydrogen) atoms. The van der Waals surface area contributed by atoms with Crippen LogP contribution in [0.25, 0.3) is 60.9 Å². The predicted molar refractivity (Wildman–Crippen MR) is 304 cm³/mol. The summed E-state index contributed by atoms with van der Waals surface area (Å²) in [6.45, 7) is 4.79. The molecule has 3 heteroatoms. The molecule has 0 amide bonds. The highest BCUT2D eigenvalue weighted by molar-refractivity contribution is 6.19. The maximum Gasteiger partial charge on any atom is 0.0747 e. The second kappa shape index (κ2) is 15.7. The molecule has 1 heterocycles. The van der Waals surface area contributed by atoms with Gasteiger partial charge in [-0.1, -0.05) is 190 Å². The van der Waals surface area contributed by atoms with Crippen molar-refractivity contribution in [1.29, 1.82) is 0 Å². The van der Waals surface area contributed by atoms with Crippen LogP contribution in [0.15, 0.2) is 261 Å². The number of hydrogen-bond acceptors (Lipinski definition) is 2. The summed E-state index contributed by atoms with van der Waals surface area (Å²) in [5, 5.41) is 2.38. The van der Waals surface area contributed by atoms with Crippen LogP contribution in [0.3, 0.4) is 0 Å². The fraction of sp³-hybridized carbons (Fsp3) is 0.0571. The minimum Gasteiger partial charge on any atom is -0.310 e. The average Bonchev–Trinajstić information content (AvgIpc) is 4.12. The molecule has 0 radical (unpaired) electrons. The third-order valence-corrected chi connectivity index (χ3v) is 16.3. The molecule has 3 aliphatic carbocycles. The van der Waals surface area contributed by atoms with E-state index >= 15 is 0 Å². The number of para-hydroxylation sites is 4. The molecular formula is C70H49N3. The van der Waals surface area contributed by atoms with Crippen molar-refractivity contribution in [3.05, 3.63) is 294 Å². The van der Waals surface area contributed by atoms with Crippen LogP contribution in [0.5, 0.6) is 0 Å². The highest BCUT2D eigenvalue weighted by Crippen LogP contribution is 2.67. The molecule has 1 spiro atoms. The zero-order chi connectivity index (χ0) is 48.4. The quantitative estimate of drug-likeness (QED) is 0.158. The number of aromatic nitrogens is 1. The third kappa shape index (κ3) is 5.76. The molecule has 0 N–H and O–H groups in total. The summed E-state index contributed by atoms with van der Waals surface area (Å²) in [5.74, 6) is 0. The molecule has 0 atom stereocenters. The number of benzene rings is 11. The first kappa shape index (κ1) is 41.6. The molecule has 0 fully saturated rings. The molecule has 0 unspecified atom stereocenters. The van der Waals surface area contributed by atoms with E-state index in [4.69, 9.17) is 0 Å². The van der Waals surface area contributed by atoms with Crippen LogP contribution >= 0.6 is 0 Å². The van der Waals surface area contributed by atoms with Crippen LogP contribution in [-0.2, 0) is 10.8 Å². The van der Waals surface area contributed by atoms with Gasteiger partial charge in [0.05, 0.1) is 22.1 Å². The fourth-order valence-electron chi connectivity index (χ4n) is 13.3. The number of hydrogen-bond donors (Lipinski definition) is 0. The van der Waals surface area contributed by atoms with Crippen LogP contribution in [-0.4, -0.2) is 4.57 Å². The molecule has 0 saturated heterocycles. The van der Waals surface area contributed by atoms with Gasteiger partial charge < -0.3 is 14.4 Å². The van der Waals surface area contributed by atoms with Gasteiger partial charge in [-0.2, -0.15) is 0 Å². The van der Waals surface area contributed by atoms with E-state index in [9.17, 15) is 0 Å². The van der Waals surface area contributed by atoms with Gasteiger partial charge in [-0.05, 0) is 141 Å². The Kier molecular flexibility index (Phi) is 8.92. The van der Waals surface area contributed by atoms with E-state index in [1.807, 2.05) is 0 Å². The first-order valence-electron chi connectivity index (χ1n) is 25.5. The lowest BCUT2D eigenvalue weighted by Crippen LogP contribution is -2.27. The lowest BCUT2D eigenvalue weighted by molar-refractivity contribution is 0.660. The Bertz CT molecular complexity index is 4050. The van der Waals surface area contributed by atoms with E-state index in [1.165, 1.54) is 83.1 Å². The van der Waals surface area contributed by atoms with E-state index in [0.29, 0.717) is 0 Å². The largest absolute Gasteiger partial charge is 0.310 e. The van der Waals surface area contributed by atoms with Gasteiger partial charge in [0.25, 0.3) is 0 Å². The smallest absolute Gasteiger partial charge is 0.0747 e. The van der Waals surface area contributed by atoms with Crippen LogP contribution in [0.4, 0.5) is 34.1 Å². The first-order valence-corrected chi connectivity index (χ1v) is 25.5. The van der Waals surface area contributed by atoms with E-state index in [-0.39, 0.29) is 5.41 Å². The molecule has 1 aromatic heterocycles. The minimum absolute atomic E-state index is 0.193. The van der Waals surface area contributed by atoms with Gasteiger partial charge in [0.2, 0.25) is 0 Å². The topological polar surface area (TPSA) is 11.4 Å². The Hall–Kier alpha value is -9.18. The van der Waals surface area contributed by atoms with E-state index < -0.39 is 5.41 Å². The van der Waals surface area contributed by atoms with E-state index in [2.05, 4.69) is 289 Å². The number of nitrogens with zero attached hydrogens (tertiary/aromatic N) is 3. The zero-order valence-electron chi connectivity index (χ0n) is 40.7. The number of fused-ring (bicyclic) bond motifs is 17. The van der Waals surface area contributed by atoms with Crippen molar-refractivity contribution < 1.29 is 0 Å². The second-order valence-electron chi connectivity index (χ2n) is 20.4. The monoisotopic (exact) mass is 931 g/mol. The second-order valence-corrected chi connectivity index (χ2v) is 20.4. The molecule has 11 aromatic carbocycles. The van der Waals surface area contributed by atoms with E-state index in [1.54, 1.807) is 0 Å². The molecule has 12 aromatic rings. The highest BCUT2D eigenvalue weighted by atomic mass is 15.2. The van der Waals surface area contributed by atoms with Crippen molar-refractivity contribution in [2.45, 2.75) is 24.7 Å². The molecule has 15 rings (SSSR count). The van der Waals surface area contributed by atoms with Crippen molar-refractivity contribution in [2.75, 3.05) is 9.80 Å². The Labute approximate surface area is 426 Å². The maximum atomic E-state index is 2.64. The molecule has 0 aliphatic heterocycles. The van der Waals surface area contributed by atoms with Gasteiger partial charge >= 0.3 is 0 Å². The summed E-state index contributed by atoms with van der Waals surface area (Å²) in [5.41, 5.74) is 25.0. The number of anilines is 6. The summed E-state index contributed by atoms with van der Waals surface area (Å²) in [6.07, 6.45) is 0. The van der Waals surface area contributed by atoms with Gasteiger partial charge in [-0.15, -0.1) is 0 Å². The first-order chi connectivity index (χ1) is 36.0. The SMILES string of the molecule is CC1(C)c2ccccc2-c2ccc(-n3c4ccc(N(c5ccccc5)c5ccccc5)cc4c4cc(N(c5ccccc5)c5ccccc5)c5c(c43)C3(c4ccccc4-c4ccccc43)c3ccccc3-5)cc21. The standard InChI is InChI=1S/C70H49N3/c1-69(2)59-35-19-15-31-52(59)55-41-39-51(44-63(55)69)73-64-42-40-50(71(46-23-7-3-8-24-46)47-25-9-4-10-26-47)43-57(64)58-45-65(72(48-27-11-5-12-28-48)49-29-13-6-14-30-49)66-56-34-18-22-38-62(56)70(67(66)68(58)73)60-36-20-16-32-53(60)54-33-17-21-37-61(54)70/h3-45H,1-2H3. The molecule has 3 aliphatic rings. The summed E-state index contributed by atoms with van der Waals surface area (Å²) >= 11 is 0. The lowest BCUT2D eigenvalue weighted by Gasteiger charge is -2.33. The normalized spacial score (nSPS) is 13.8. The Morgan fingerprint density at radius 3 is 1.32 bits per heavy atom. The Balaban J connectivity index is 1.16. The van der Waals surface area contributed by atoms with Crippen LogP contribution < -0.4 is 9.80 Å². The van der Waals surface area contributed by atoms with Crippen LogP contribution in [0.2, 0.25) is 0 Å². The van der Waals surface area contributed by atoms with Gasteiger partial charge in [-0.3, -0.25) is 0 Å². The summed E-state index contributed by atoms with van der Waals surface area (Å²) in [4.78, 5) is 4.90. The maximum absolute atomic E-state index is 2.64. The van der Waals surface area contributed by atoms with Crippen molar-refractivity contribution in [1.82, 2.24) is 4.57 Å². The molecule has 0 saturated carbocycles. The summed E-state index contributed by atoms with van der Waals surface area (Å²) in [6, 6.07) is 97.2. The fourth-order valence-corrected chi connectivity index (χ4v) is 13.3. The average molecular weight is 932 g/mol. The van der Waals surface area contributed by atoms with Gasteiger partial charge in [0.15, 0.2) is 0 Å². The van der Waals surface area contributed by atoms with Gasteiger partial charge in [-0.25, -0.2) is 0 Å².